The average molecular weight is 169 g/mol. The summed E-state index contributed by atoms with van der Waals surface area (Å²) in [5, 5.41) is 8.83. The highest BCUT2D eigenvalue weighted by Gasteiger charge is 2.29. The summed E-state index contributed by atoms with van der Waals surface area (Å²) in [4.78, 5) is 12.7. The minimum Gasteiger partial charge on any atom is -0.480 e. The predicted octanol–water partition coefficient (Wildman–Crippen LogP) is 1.11. The van der Waals surface area contributed by atoms with Crippen LogP contribution in [0.3, 0.4) is 0 Å². The van der Waals surface area contributed by atoms with Crippen LogP contribution in [0.4, 0.5) is 0 Å². The molecule has 1 aliphatic heterocycles. The minimum absolute atomic E-state index is 0.276. The lowest BCUT2D eigenvalue weighted by Gasteiger charge is -2.20. The molecule has 1 heterocycles. The number of aliphatic carboxylic acids is 1. The van der Waals surface area contributed by atoms with Gasteiger partial charge in [0.25, 0.3) is 0 Å². The third-order valence-electron chi connectivity index (χ3n) is 2.12. The maximum atomic E-state index is 10.7. The Morgan fingerprint density at radius 3 is 2.92 bits per heavy atom. The van der Waals surface area contributed by atoms with E-state index in [2.05, 4.69) is 6.58 Å². The molecule has 3 nitrogen and oxygen atoms in total. The van der Waals surface area contributed by atoms with Gasteiger partial charge in [0.15, 0.2) is 0 Å². The van der Waals surface area contributed by atoms with Crippen molar-refractivity contribution in [1.29, 1.82) is 0 Å². The van der Waals surface area contributed by atoms with Gasteiger partial charge in [-0.15, -0.1) is 0 Å². The Bertz CT molecular complexity index is 201. The van der Waals surface area contributed by atoms with Crippen LogP contribution in [0.25, 0.3) is 0 Å². The molecule has 0 aromatic heterocycles. The van der Waals surface area contributed by atoms with Crippen molar-refractivity contribution < 1.29 is 9.90 Å². The van der Waals surface area contributed by atoms with Crippen molar-refractivity contribution in [3.8, 4) is 0 Å². The molecule has 0 amide bonds. The molecular formula is C9H15NO2. The zero-order chi connectivity index (χ0) is 9.14. The number of carboxylic acid groups (broad SMARTS) is 1. The topological polar surface area (TPSA) is 40.5 Å². The SMILES string of the molecule is C=C(C)CN1CCCC1C(=O)O. The highest BCUT2D eigenvalue weighted by atomic mass is 16.4. The van der Waals surface area contributed by atoms with Gasteiger partial charge in [-0.1, -0.05) is 12.2 Å². The van der Waals surface area contributed by atoms with Gasteiger partial charge in [0.2, 0.25) is 0 Å². The predicted molar refractivity (Wildman–Crippen MR) is 47.0 cm³/mol. The Morgan fingerprint density at radius 1 is 1.75 bits per heavy atom. The van der Waals surface area contributed by atoms with Crippen LogP contribution in [0.5, 0.6) is 0 Å². The first-order valence-electron chi connectivity index (χ1n) is 4.22. The molecular weight excluding hydrogens is 154 g/mol. The number of rotatable bonds is 3. The van der Waals surface area contributed by atoms with Gasteiger partial charge in [-0.2, -0.15) is 0 Å². The molecule has 1 atom stereocenters. The van der Waals surface area contributed by atoms with Crippen molar-refractivity contribution >= 4 is 5.97 Å². The van der Waals surface area contributed by atoms with Gasteiger partial charge in [-0.25, -0.2) is 0 Å². The van der Waals surface area contributed by atoms with E-state index in [1.165, 1.54) is 0 Å². The molecule has 0 radical (unpaired) electrons. The van der Waals surface area contributed by atoms with Crippen LogP contribution in [-0.4, -0.2) is 35.1 Å². The first-order chi connectivity index (χ1) is 5.61. The summed E-state index contributed by atoms with van der Waals surface area (Å²) >= 11 is 0. The van der Waals surface area contributed by atoms with Crippen molar-refractivity contribution in [2.24, 2.45) is 0 Å². The van der Waals surface area contributed by atoms with E-state index in [9.17, 15) is 4.79 Å². The van der Waals surface area contributed by atoms with Crippen molar-refractivity contribution in [1.82, 2.24) is 4.90 Å². The molecule has 68 valence electrons. The third kappa shape index (κ3) is 2.08. The Hall–Kier alpha value is -0.830. The number of hydrogen-bond donors (Lipinski definition) is 1. The quantitative estimate of drug-likeness (QED) is 0.643. The lowest BCUT2D eigenvalue weighted by atomic mass is 10.2. The molecule has 0 aromatic carbocycles. The van der Waals surface area contributed by atoms with Crippen LogP contribution in [0.2, 0.25) is 0 Å². The summed E-state index contributed by atoms with van der Waals surface area (Å²) < 4.78 is 0. The number of hydrogen-bond acceptors (Lipinski definition) is 2. The second-order valence-corrected chi connectivity index (χ2v) is 3.42. The van der Waals surface area contributed by atoms with Crippen LogP contribution in [0.1, 0.15) is 19.8 Å². The molecule has 1 saturated heterocycles. The fraction of sp³-hybridized carbons (Fsp3) is 0.667. The lowest BCUT2D eigenvalue weighted by molar-refractivity contribution is -0.141. The summed E-state index contributed by atoms with van der Waals surface area (Å²) in [7, 11) is 0. The van der Waals surface area contributed by atoms with Gasteiger partial charge in [0, 0.05) is 6.54 Å². The Balaban J connectivity index is 2.52. The third-order valence-corrected chi connectivity index (χ3v) is 2.12. The van der Waals surface area contributed by atoms with Crippen LogP contribution in [0, 0.1) is 0 Å². The molecule has 0 aliphatic carbocycles. The highest BCUT2D eigenvalue weighted by Crippen LogP contribution is 2.17. The molecule has 12 heavy (non-hydrogen) atoms. The smallest absolute Gasteiger partial charge is 0.320 e. The van der Waals surface area contributed by atoms with Crippen molar-refractivity contribution in [3.05, 3.63) is 12.2 Å². The van der Waals surface area contributed by atoms with E-state index in [1.807, 2.05) is 11.8 Å². The summed E-state index contributed by atoms with van der Waals surface area (Å²) in [5.74, 6) is -0.700. The molecule has 1 N–H and O–H groups in total. The minimum atomic E-state index is -0.700. The molecule has 0 spiro atoms. The molecule has 0 bridgehead atoms. The molecule has 1 rings (SSSR count). The molecule has 0 aromatic rings. The van der Waals surface area contributed by atoms with E-state index < -0.39 is 5.97 Å². The van der Waals surface area contributed by atoms with Crippen molar-refractivity contribution in [2.75, 3.05) is 13.1 Å². The van der Waals surface area contributed by atoms with E-state index in [1.54, 1.807) is 0 Å². The Morgan fingerprint density at radius 2 is 2.42 bits per heavy atom. The fourth-order valence-corrected chi connectivity index (χ4v) is 1.64. The Kier molecular flexibility index (Phi) is 2.87. The van der Waals surface area contributed by atoms with Crippen LogP contribution in [-0.2, 0) is 4.79 Å². The van der Waals surface area contributed by atoms with Gasteiger partial charge >= 0.3 is 5.97 Å². The van der Waals surface area contributed by atoms with Gasteiger partial charge in [0.1, 0.15) is 6.04 Å². The number of carbonyl (C=O) groups is 1. The second kappa shape index (κ2) is 3.72. The van der Waals surface area contributed by atoms with Gasteiger partial charge in [-0.05, 0) is 26.3 Å². The largest absolute Gasteiger partial charge is 0.480 e. The first kappa shape index (κ1) is 9.26. The monoisotopic (exact) mass is 169 g/mol. The summed E-state index contributed by atoms with van der Waals surface area (Å²) in [6.45, 7) is 7.32. The molecule has 0 saturated carbocycles. The lowest BCUT2D eigenvalue weighted by Crippen LogP contribution is -2.36. The summed E-state index contributed by atoms with van der Waals surface area (Å²) in [6, 6.07) is -0.276. The van der Waals surface area contributed by atoms with Crippen LogP contribution >= 0.6 is 0 Å². The van der Waals surface area contributed by atoms with Crippen molar-refractivity contribution in [3.63, 3.8) is 0 Å². The Labute approximate surface area is 72.7 Å². The molecule has 3 heteroatoms. The standard InChI is InChI=1S/C9H15NO2/c1-7(2)6-10-5-3-4-8(10)9(11)12/h8H,1,3-6H2,2H3,(H,11,12). The van der Waals surface area contributed by atoms with Gasteiger partial charge < -0.3 is 5.11 Å². The maximum absolute atomic E-state index is 10.7. The number of nitrogens with zero attached hydrogens (tertiary/aromatic N) is 1. The average Bonchev–Trinajstić information content (AvgIpc) is 2.33. The van der Waals surface area contributed by atoms with E-state index in [0.29, 0.717) is 0 Å². The summed E-state index contributed by atoms with van der Waals surface area (Å²) in [6.07, 6.45) is 1.77. The van der Waals surface area contributed by atoms with Gasteiger partial charge in [-0.3, -0.25) is 9.69 Å². The molecule has 1 fully saturated rings. The number of carboxylic acids is 1. The van der Waals surface area contributed by atoms with E-state index in [0.717, 1.165) is 31.5 Å². The summed E-state index contributed by atoms with van der Waals surface area (Å²) in [5.41, 5.74) is 1.03. The molecule has 1 aliphatic rings. The van der Waals surface area contributed by atoms with E-state index in [4.69, 9.17) is 5.11 Å². The first-order valence-corrected chi connectivity index (χ1v) is 4.22. The van der Waals surface area contributed by atoms with Crippen LogP contribution in [0.15, 0.2) is 12.2 Å². The highest BCUT2D eigenvalue weighted by molar-refractivity contribution is 5.73. The molecule has 1 unspecified atom stereocenters. The van der Waals surface area contributed by atoms with E-state index >= 15 is 0 Å². The zero-order valence-corrected chi connectivity index (χ0v) is 7.42. The second-order valence-electron chi connectivity index (χ2n) is 3.42. The van der Waals surface area contributed by atoms with E-state index in [-0.39, 0.29) is 6.04 Å². The maximum Gasteiger partial charge on any atom is 0.320 e. The number of likely N-dealkylation sites (tertiary alicyclic amines) is 1. The normalized spacial score (nSPS) is 24.2. The fourth-order valence-electron chi connectivity index (χ4n) is 1.64. The van der Waals surface area contributed by atoms with Crippen LogP contribution < -0.4 is 0 Å². The van der Waals surface area contributed by atoms with Gasteiger partial charge in [0.05, 0.1) is 0 Å². The van der Waals surface area contributed by atoms with Crippen molar-refractivity contribution in [2.45, 2.75) is 25.8 Å². The zero-order valence-electron chi connectivity index (χ0n) is 7.42.